The number of carbonyl (C=O) groups is 1. The van der Waals surface area contributed by atoms with Gasteiger partial charge < -0.3 is 0 Å². The summed E-state index contributed by atoms with van der Waals surface area (Å²) in [7, 11) is 0.351. The van der Waals surface area contributed by atoms with E-state index in [0.29, 0.717) is 20.7 Å². The third-order valence-electron chi connectivity index (χ3n) is 0.782. The zero-order chi connectivity index (χ0) is 6.53. The summed E-state index contributed by atoms with van der Waals surface area (Å²) < 4.78 is 0. The van der Waals surface area contributed by atoms with E-state index in [-0.39, 0.29) is 0 Å². The van der Waals surface area contributed by atoms with Crippen LogP contribution >= 0.6 is 8.73 Å². The normalized spacial score (nSPS) is 19.3. The van der Waals surface area contributed by atoms with Crippen molar-refractivity contribution in [1.82, 2.24) is 0 Å². The van der Waals surface area contributed by atoms with E-state index in [9.17, 15) is 4.79 Å². The highest BCUT2D eigenvalue weighted by Gasteiger charge is 1.89. The molecule has 0 fully saturated rings. The minimum absolute atomic E-state index is 0.351. The molecule has 0 aromatic heterocycles. The lowest BCUT2D eigenvalue weighted by Crippen LogP contribution is -1.73. The molecule has 0 amide bonds. The second-order valence-electron chi connectivity index (χ2n) is 1.40. The first-order chi connectivity index (χ1) is 4.43. The summed E-state index contributed by atoms with van der Waals surface area (Å²) in [5, 5.41) is 3.61. The number of carbonyl (C=O) groups excluding carboxylic acids is 1. The lowest BCUT2D eigenvalue weighted by atomic mass is 10.4. The first kappa shape index (κ1) is 6.30. The molecule has 0 bridgehead atoms. The van der Waals surface area contributed by atoms with Crippen molar-refractivity contribution in [2.45, 2.75) is 0 Å². The van der Waals surface area contributed by atoms with Gasteiger partial charge in [0.05, 0.1) is 0 Å². The van der Waals surface area contributed by atoms with Crippen molar-refractivity contribution in [3.63, 3.8) is 0 Å². The molecule has 1 atom stereocenters. The van der Waals surface area contributed by atoms with E-state index in [2.05, 4.69) is 10.00 Å². The lowest BCUT2D eigenvalue weighted by molar-refractivity contribution is -0.104. The van der Waals surface area contributed by atoms with Gasteiger partial charge in [-0.05, 0) is 11.9 Å². The maximum Gasteiger partial charge on any atom is 0.170 e. The van der Waals surface area contributed by atoms with Gasteiger partial charge in [0.1, 0.15) is 5.70 Å². The standard InChI is InChI=1S/C5H5N2OP/c8-4-5-2-1-3-9-7-6-5/h1-4,9H. The highest BCUT2D eigenvalue weighted by atomic mass is 31.1. The van der Waals surface area contributed by atoms with Gasteiger partial charge in [0.2, 0.25) is 0 Å². The number of aldehydes is 1. The minimum Gasteiger partial charge on any atom is -0.296 e. The van der Waals surface area contributed by atoms with E-state index >= 15 is 0 Å². The smallest absolute Gasteiger partial charge is 0.170 e. The number of hydrogen-bond acceptors (Lipinski definition) is 3. The maximum atomic E-state index is 10.1. The van der Waals surface area contributed by atoms with Crippen molar-refractivity contribution in [3.8, 4) is 0 Å². The molecule has 4 heteroatoms. The van der Waals surface area contributed by atoms with Crippen LogP contribution in [-0.2, 0) is 4.79 Å². The van der Waals surface area contributed by atoms with Crippen molar-refractivity contribution in [3.05, 3.63) is 23.7 Å². The summed E-state index contributed by atoms with van der Waals surface area (Å²) in [5.41, 5.74) is 0.385. The van der Waals surface area contributed by atoms with E-state index in [4.69, 9.17) is 0 Å². The molecule has 3 nitrogen and oxygen atoms in total. The summed E-state index contributed by atoms with van der Waals surface area (Å²) in [6.45, 7) is 0. The predicted molar refractivity (Wildman–Crippen MR) is 36.5 cm³/mol. The van der Waals surface area contributed by atoms with Crippen LogP contribution in [0.15, 0.2) is 33.7 Å². The SMILES string of the molecule is O=CC1=CC=CPN=N1. The van der Waals surface area contributed by atoms with Crippen molar-refractivity contribution in [2.24, 2.45) is 10.00 Å². The van der Waals surface area contributed by atoms with Gasteiger partial charge in [-0.1, -0.05) is 6.08 Å². The molecule has 1 aliphatic heterocycles. The molecule has 1 heterocycles. The Balaban J connectivity index is 2.78. The Bertz CT molecular complexity index is 195. The van der Waals surface area contributed by atoms with Crippen LogP contribution in [0.4, 0.5) is 0 Å². The molecule has 0 aliphatic carbocycles. The highest BCUT2D eigenvalue weighted by molar-refractivity contribution is 7.39. The Morgan fingerprint density at radius 2 is 2.56 bits per heavy atom. The lowest BCUT2D eigenvalue weighted by Gasteiger charge is -1.78. The first-order valence-electron chi connectivity index (χ1n) is 2.42. The van der Waals surface area contributed by atoms with Gasteiger partial charge in [-0.3, -0.25) is 4.79 Å². The number of hydrogen-bond donors (Lipinski definition) is 0. The van der Waals surface area contributed by atoms with Crippen LogP contribution in [0.1, 0.15) is 0 Å². The van der Waals surface area contributed by atoms with Gasteiger partial charge in [0.15, 0.2) is 6.29 Å². The van der Waals surface area contributed by atoms with Crippen LogP contribution in [0.3, 0.4) is 0 Å². The second kappa shape index (κ2) is 3.25. The van der Waals surface area contributed by atoms with Gasteiger partial charge in [-0.15, -0.1) is 5.11 Å². The minimum atomic E-state index is 0.351. The van der Waals surface area contributed by atoms with Crippen LogP contribution in [-0.4, -0.2) is 6.29 Å². The van der Waals surface area contributed by atoms with Crippen LogP contribution in [0.5, 0.6) is 0 Å². The fourth-order valence-corrected chi connectivity index (χ4v) is 0.828. The number of allylic oxidation sites excluding steroid dienone is 3. The Kier molecular flexibility index (Phi) is 2.28. The first-order valence-corrected chi connectivity index (χ1v) is 3.44. The summed E-state index contributed by atoms with van der Waals surface area (Å²) >= 11 is 0. The summed E-state index contributed by atoms with van der Waals surface area (Å²) in [6.07, 6.45) is 4.10. The van der Waals surface area contributed by atoms with E-state index in [1.807, 2.05) is 5.82 Å². The molecule has 0 aromatic rings. The van der Waals surface area contributed by atoms with Gasteiger partial charge >= 0.3 is 0 Å². The second-order valence-corrected chi connectivity index (χ2v) is 2.19. The van der Waals surface area contributed by atoms with Crippen LogP contribution in [0, 0.1) is 0 Å². The van der Waals surface area contributed by atoms with E-state index in [1.54, 1.807) is 12.2 Å². The molecule has 0 aromatic carbocycles. The molecular weight excluding hydrogens is 135 g/mol. The van der Waals surface area contributed by atoms with Crippen molar-refractivity contribution in [2.75, 3.05) is 0 Å². The Hall–Kier alpha value is -0.820. The van der Waals surface area contributed by atoms with Crippen LogP contribution in [0.2, 0.25) is 0 Å². The molecule has 9 heavy (non-hydrogen) atoms. The molecule has 46 valence electrons. The van der Waals surface area contributed by atoms with Crippen LogP contribution in [0.25, 0.3) is 0 Å². The van der Waals surface area contributed by atoms with Crippen molar-refractivity contribution in [1.29, 1.82) is 0 Å². The van der Waals surface area contributed by atoms with Gasteiger partial charge in [-0.25, -0.2) is 0 Å². The molecule has 0 radical (unpaired) electrons. The van der Waals surface area contributed by atoms with E-state index in [1.165, 1.54) is 0 Å². The Labute approximate surface area is 54.4 Å². The Morgan fingerprint density at radius 1 is 1.67 bits per heavy atom. The van der Waals surface area contributed by atoms with E-state index in [0.717, 1.165) is 0 Å². The molecule has 1 rings (SSSR count). The quantitative estimate of drug-likeness (QED) is 0.403. The average molecular weight is 140 g/mol. The molecule has 1 unspecified atom stereocenters. The zero-order valence-corrected chi connectivity index (χ0v) is 5.61. The maximum absolute atomic E-state index is 10.1. The summed E-state index contributed by atoms with van der Waals surface area (Å²) in [5.74, 6) is 1.86. The molecule has 0 saturated carbocycles. The molecule has 0 spiro atoms. The molecule has 0 saturated heterocycles. The summed E-state index contributed by atoms with van der Waals surface area (Å²) in [4.78, 5) is 13.7. The van der Waals surface area contributed by atoms with Crippen molar-refractivity contribution >= 4 is 15.0 Å². The largest absolute Gasteiger partial charge is 0.296 e. The number of rotatable bonds is 1. The topological polar surface area (TPSA) is 41.8 Å². The highest BCUT2D eigenvalue weighted by Crippen LogP contribution is 2.17. The monoisotopic (exact) mass is 140 g/mol. The average Bonchev–Trinajstić information content (AvgIpc) is 2.13. The molecular formula is C5H5N2OP. The van der Waals surface area contributed by atoms with Crippen molar-refractivity contribution < 1.29 is 4.79 Å². The number of nitrogens with zero attached hydrogens (tertiary/aromatic N) is 2. The third kappa shape index (κ3) is 1.86. The van der Waals surface area contributed by atoms with Gasteiger partial charge in [0, 0.05) is 8.73 Å². The Morgan fingerprint density at radius 3 is 3.33 bits per heavy atom. The van der Waals surface area contributed by atoms with Gasteiger partial charge in [0.25, 0.3) is 0 Å². The van der Waals surface area contributed by atoms with Crippen LogP contribution < -0.4 is 0 Å². The van der Waals surface area contributed by atoms with Gasteiger partial charge in [-0.2, -0.15) is 4.88 Å². The predicted octanol–water partition coefficient (Wildman–Crippen LogP) is 1.64. The molecule has 1 aliphatic rings. The molecule has 0 N–H and O–H groups in total. The third-order valence-corrected chi connectivity index (χ3v) is 1.34. The summed E-state index contributed by atoms with van der Waals surface area (Å²) in [6, 6.07) is 0. The zero-order valence-electron chi connectivity index (χ0n) is 4.61. The van der Waals surface area contributed by atoms with E-state index < -0.39 is 0 Å². The fourth-order valence-electron chi connectivity index (χ4n) is 0.406. The fraction of sp³-hybridized carbons (Fsp3) is 0.